The molecule has 0 unspecified atom stereocenters. The predicted octanol–water partition coefficient (Wildman–Crippen LogP) is -0.409. The lowest BCUT2D eigenvalue weighted by molar-refractivity contribution is -0.406. The van der Waals surface area contributed by atoms with Gasteiger partial charge in [-0.15, -0.1) is 0 Å². The summed E-state index contributed by atoms with van der Waals surface area (Å²) in [4.78, 5) is 1.44. The van der Waals surface area contributed by atoms with Crippen molar-refractivity contribution in [2.24, 2.45) is 0 Å². The Morgan fingerprint density at radius 1 is 0.917 bits per heavy atom. The normalized spacial score (nSPS) is 37.2. The maximum Gasteiger partial charge on any atom is 0.346 e. The van der Waals surface area contributed by atoms with Crippen molar-refractivity contribution in [3.8, 4) is 0 Å². The van der Waals surface area contributed by atoms with Crippen molar-refractivity contribution < 1.29 is 15.3 Å². The first-order valence-electron chi connectivity index (χ1n) is 4.54. The molecule has 0 radical (unpaired) electrons. The van der Waals surface area contributed by atoms with Gasteiger partial charge in [0.25, 0.3) is 0 Å². The van der Waals surface area contributed by atoms with Crippen LogP contribution in [0.4, 0.5) is 0 Å². The van der Waals surface area contributed by atoms with E-state index in [0.717, 1.165) is 32.1 Å². The average Bonchev–Trinajstić information content (AvgIpc) is 2.23. The molecule has 70 valence electrons. The average molecular weight is 173 g/mol. The van der Waals surface area contributed by atoms with E-state index >= 15 is 0 Å². The Morgan fingerprint density at radius 2 is 1.42 bits per heavy atom. The first-order valence-corrected chi connectivity index (χ1v) is 4.54. The smallest absolute Gasteiger partial charge is 0.330 e. The molecule has 2 rings (SSSR count). The molecular formula is C8H15NO3. The van der Waals surface area contributed by atoms with E-state index in [-0.39, 0.29) is 12.1 Å². The van der Waals surface area contributed by atoms with Gasteiger partial charge in [-0.1, -0.05) is 6.42 Å². The summed E-state index contributed by atoms with van der Waals surface area (Å²) in [5.41, 5.74) is 0. The van der Waals surface area contributed by atoms with Gasteiger partial charge in [0, 0.05) is 12.1 Å². The van der Waals surface area contributed by atoms with Crippen LogP contribution >= 0.6 is 0 Å². The lowest BCUT2D eigenvalue weighted by Crippen LogP contribution is -2.56. The van der Waals surface area contributed by atoms with E-state index in [1.54, 1.807) is 0 Å². The maximum absolute atomic E-state index is 9.06. The minimum atomic E-state index is -2.59. The second kappa shape index (κ2) is 2.67. The lowest BCUT2D eigenvalue weighted by Gasteiger charge is -2.39. The molecule has 0 aliphatic carbocycles. The van der Waals surface area contributed by atoms with Crippen molar-refractivity contribution in [2.45, 2.75) is 50.3 Å². The van der Waals surface area contributed by atoms with Gasteiger partial charge in [-0.25, -0.2) is 4.90 Å². The van der Waals surface area contributed by atoms with E-state index in [9.17, 15) is 0 Å². The molecule has 0 aromatic carbocycles. The summed E-state index contributed by atoms with van der Waals surface area (Å²) in [7, 11) is 0. The highest BCUT2D eigenvalue weighted by Crippen LogP contribution is 2.38. The summed E-state index contributed by atoms with van der Waals surface area (Å²) in [6.45, 7) is 0. The molecule has 2 aliphatic rings. The van der Waals surface area contributed by atoms with Crippen LogP contribution in [0.15, 0.2) is 0 Å². The van der Waals surface area contributed by atoms with E-state index in [0.29, 0.717) is 0 Å². The maximum atomic E-state index is 9.06. The van der Waals surface area contributed by atoms with E-state index in [4.69, 9.17) is 15.3 Å². The van der Waals surface area contributed by atoms with E-state index in [1.165, 1.54) is 4.90 Å². The largest absolute Gasteiger partial charge is 0.346 e. The molecule has 12 heavy (non-hydrogen) atoms. The van der Waals surface area contributed by atoms with Crippen molar-refractivity contribution >= 4 is 0 Å². The molecular weight excluding hydrogens is 158 g/mol. The van der Waals surface area contributed by atoms with E-state index < -0.39 is 6.10 Å². The van der Waals surface area contributed by atoms with Crippen LogP contribution in [0.25, 0.3) is 0 Å². The van der Waals surface area contributed by atoms with E-state index in [2.05, 4.69) is 0 Å². The van der Waals surface area contributed by atoms with Gasteiger partial charge < -0.3 is 15.3 Å². The van der Waals surface area contributed by atoms with Crippen molar-refractivity contribution in [3.05, 3.63) is 0 Å². The third-order valence-corrected chi connectivity index (χ3v) is 3.04. The number of piperidine rings is 1. The molecule has 2 heterocycles. The van der Waals surface area contributed by atoms with Gasteiger partial charge in [0.15, 0.2) is 0 Å². The minimum Gasteiger partial charge on any atom is -0.330 e. The number of fused-ring (bicyclic) bond motifs is 2. The van der Waals surface area contributed by atoms with Crippen molar-refractivity contribution in [2.75, 3.05) is 0 Å². The van der Waals surface area contributed by atoms with Crippen molar-refractivity contribution in [1.82, 2.24) is 4.90 Å². The fourth-order valence-electron chi connectivity index (χ4n) is 2.61. The number of aliphatic hydroxyl groups is 3. The molecule has 4 nitrogen and oxygen atoms in total. The summed E-state index contributed by atoms with van der Waals surface area (Å²) < 4.78 is 0. The van der Waals surface area contributed by atoms with Crippen LogP contribution in [0.1, 0.15) is 32.1 Å². The Bertz CT molecular complexity index is 162. The molecule has 0 aromatic rings. The summed E-state index contributed by atoms with van der Waals surface area (Å²) in [6, 6.07) is 0.340. The van der Waals surface area contributed by atoms with Crippen molar-refractivity contribution in [1.29, 1.82) is 0 Å². The zero-order valence-corrected chi connectivity index (χ0v) is 6.98. The highest BCUT2D eigenvalue weighted by molar-refractivity contribution is 4.92. The van der Waals surface area contributed by atoms with Gasteiger partial charge in [0.2, 0.25) is 0 Å². The van der Waals surface area contributed by atoms with Crippen LogP contribution in [0.2, 0.25) is 0 Å². The van der Waals surface area contributed by atoms with Gasteiger partial charge >= 0.3 is 6.10 Å². The molecule has 0 spiro atoms. The first-order chi connectivity index (χ1) is 5.59. The molecule has 0 aromatic heterocycles. The molecule has 4 heteroatoms. The standard InChI is InChI=1S/C8H15NO3/c10-8(11,12)9-6-2-1-3-7(9)5-4-6/h6-7,10-12H,1-5H2/t6-,7+. The summed E-state index contributed by atoms with van der Waals surface area (Å²) >= 11 is 0. The highest BCUT2D eigenvalue weighted by Gasteiger charge is 2.46. The zero-order valence-electron chi connectivity index (χ0n) is 6.98. The van der Waals surface area contributed by atoms with Gasteiger partial charge in [0.05, 0.1) is 0 Å². The van der Waals surface area contributed by atoms with Crippen LogP contribution in [-0.2, 0) is 0 Å². The zero-order chi connectivity index (χ0) is 8.77. The van der Waals surface area contributed by atoms with Crippen LogP contribution in [0.3, 0.4) is 0 Å². The monoisotopic (exact) mass is 173 g/mol. The quantitative estimate of drug-likeness (QED) is 0.472. The highest BCUT2D eigenvalue weighted by atomic mass is 16.7. The van der Waals surface area contributed by atoms with Gasteiger partial charge in [-0.2, -0.15) is 0 Å². The lowest BCUT2D eigenvalue weighted by atomic mass is 10.0. The number of hydrogen-bond donors (Lipinski definition) is 3. The molecule has 0 amide bonds. The molecule has 2 fully saturated rings. The van der Waals surface area contributed by atoms with Gasteiger partial charge in [-0.05, 0) is 25.7 Å². The van der Waals surface area contributed by atoms with Crippen LogP contribution in [0.5, 0.6) is 0 Å². The predicted molar refractivity (Wildman–Crippen MR) is 41.9 cm³/mol. The Hall–Kier alpha value is -0.160. The second-order valence-corrected chi connectivity index (χ2v) is 3.82. The van der Waals surface area contributed by atoms with Crippen LogP contribution < -0.4 is 0 Å². The Balaban J connectivity index is 2.15. The van der Waals surface area contributed by atoms with Crippen LogP contribution in [-0.4, -0.2) is 38.4 Å². The topological polar surface area (TPSA) is 63.9 Å². The molecule has 2 aliphatic heterocycles. The summed E-state index contributed by atoms with van der Waals surface area (Å²) in [5.74, 6) is 0. The third kappa shape index (κ3) is 1.25. The summed E-state index contributed by atoms with van der Waals surface area (Å²) in [5, 5.41) is 27.2. The van der Waals surface area contributed by atoms with E-state index in [1.807, 2.05) is 0 Å². The van der Waals surface area contributed by atoms with Gasteiger partial charge in [-0.3, -0.25) is 0 Å². The Morgan fingerprint density at radius 3 is 1.75 bits per heavy atom. The minimum absolute atomic E-state index is 0.170. The SMILES string of the molecule is OC(O)(O)N1[C@@H]2CCC[C@H]1CC2. The molecule has 2 saturated heterocycles. The fourth-order valence-corrected chi connectivity index (χ4v) is 2.61. The van der Waals surface area contributed by atoms with Gasteiger partial charge in [0.1, 0.15) is 0 Å². The number of nitrogens with zero attached hydrogens (tertiary/aromatic N) is 1. The molecule has 2 atom stereocenters. The third-order valence-electron chi connectivity index (χ3n) is 3.04. The van der Waals surface area contributed by atoms with Crippen molar-refractivity contribution in [3.63, 3.8) is 0 Å². The summed E-state index contributed by atoms with van der Waals surface area (Å²) in [6.07, 6.45) is 2.45. The Kier molecular flexibility index (Phi) is 1.88. The molecule has 3 N–H and O–H groups in total. The number of rotatable bonds is 1. The second-order valence-electron chi connectivity index (χ2n) is 3.82. The molecule has 2 bridgehead atoms. The van der Waals surface area contributed by atoms with Crippen LogP contribution in [0, 0.1) is 0 Å². The Labute approximate surface area is 71.4 Å². The molecule has 0 saturated carbocycles. The fraction of sp³-hybridized carbons (Fsp3) is 1.00. The number of hydrogen-bond acceptors (Lipinski definition) is 4. The first kappa shape index (κ1) is 8.44.